The number of fused-ring (bicyclic) bond motifs is 1. The molecule has 0 fully saturated rings. The predicted octanol–water partition coefficient (Wildman–Crippen LogP) is 6.48. The van der Waals surface area contributed by atoms with E-state index in [1.165, 1.54) is 0 Å². The topological polar surface area (TPSA) is 23.1 Å². The molecule has 0 amide bonds. The Morgan fingerprint density at radius 3 is 1.72 bits per heavy atom. The van der Waals surface area contributed by atoms with Crippen LogP contribution in [-0.2, 0) is 10.7 Å². The van der Waals surface area contributed by atoms with Gasteiger partial charge >= 0.3 is 0 Å². The van der Waals surface area contributed by atoms with Crippen molar-refractivity contribution < 1.29 is 5.21 Å². The average Bonchev–Trinajstić information content (AvgIpc) is 2.81. The van der Waals surface area contributed by atoms with Crippen molar-refractivity contribution >= 4 is 11.8 Å². The molecule has 0 saturated carbocycles. The van der Waals surface area contributed by atoms with E-state index in [-0.39, 0.29) is 0 Å². The zero-order valence-corrected chi connectivity index (χ0v) is 15.9. The average molecular weight is 374 g/mol. The number of hydrogen-bond donors (Lipinski definition) is 0. The Labute approximate surface area is 171 Å². The van der Waals surface area contributed by atoms with Crippen molar-refractivity contribution in [3.8, 4) is 11.1 Å². The molecule has 29 heavy (non-hydrogen) atoms. The molecule has 2 nitrogen and oxygen atoms in total. The van der Waals surface area contributed by atoms with E-state index in [1.54, 1.807) is 0 Å². The highest BCUT2D eigenvalue weighted by Gasteiger charge is 2.42. The largest absolute Gasteiger partial charge is 0.201 e. The van der Waals surface area contributed by atoms with Crippen LogP contribution in [0.4, 0.5) is 5.69 Å². The second-order valence-corrected chi connectivity index (χ2v) is 7.27. The van der Waals surface area contributed by atoms with Crippen LogP contribution < -0.4 is 5.06 Å². The van der Waals surface area contributed by atoms with Crippen LogP contribution in [0.5, 0.6) is 0 Å². The van der Waals surface area contributed by atoms with Gasteiger partial charge in [0.2, 0.25) is 0 Å². The maximum absolute atomic E-state index is 13.9. The summed E-state index contributed by atoms with van der Waals surface area (Å²) < 4.78 is 0. The fraction of sp³-hybridized carbons (Fsp3) is 0.0370. The number of anilines is 1. The van der Waals surface area contributed by atoms with Gasteiger partial charge in [0.15, 0.2) is 0 Å². The van der Waals surface area contributed by atoms with E-state index in [4.69, 9.17) is 0 Å². The molecule has 139 valence electrons. The number of nitrogens with zero attached hydrogens (tertiary/aromatic N) is 1. The fourth-order valence-corrected chi connectivity index (χ4v) is 4.13. The van der Waals surface area contributed by atoms with Crippen LogP contribution in [0.2, 0.25) is 0 Å². The molecule has 0 aromatic heterocycles. The molecule has 0 atom stereocenters. The van der Waals surface area contributed by atoms with Gasteiger partial charge < -0.3 is 0 Å². The second-order valence-electron chi connectivity index (χ2n) is 7.27. The molecule has 1 radical (unpaired) electrons. The smallest absolute Gasteiger partial charge is 0.139 e. The number of hydrogen-bond acceptors (Lipinski definition) is 1. The van der Waals surface area contributed by atoms with Crippen LogP contribution in [0, 0.1) is 0 Å². The van der Waals surface area contributed by atoms with Crippen molar-refractivity contribution in [2.45, 2.75) is 5.54 Å². The van der Waals surface area contributed by atoms with E-state index in [2.05, 4.69) is 24.3 Å². The van der Waals surface area contributed by atoms with E-state index >= 15 is 0 Å². The van der Waals surface area contributed by atoms with E-state index in [0.717, 1.165) is 32.9 Å². The molecular weight excluding hydrogens is 354 g/mol. The zero-order chi connectivity index (χ0) is 19.7. The van der Waals surface area contributed by atoms with Crippen molar-refractivity contribution in [1.82, 2.24) is 0 Å². The lowest BCUT2D eigenvalue weighted by Crippen LogP contribution is -2.44. The van der Waals surface area contributed by atoms with Crippen LogP contribution in [0.1, 0.15) is 16.7 Å². The molecule has 2 heteroatoms. The van der Waals surface area contributed by atoms with Crippen molar-refractivity contribution in [2.24, 2.45) is 0 Å². The third kappa shape index (κ3) is 2.86. The maximum atomic E-state index is 13.9. The minimum Gasteiger partial charge on any atom is -0.201 e. The maximum Gasteiger partial charge on any atom is 0.139 e. The van der Waals surface area contributed by atoms with Crippen molar-refractivity contribution in [3.63, 3.8) is 0 Å². The summed E-state index contributed by atoms with van der Waals surface area (Å²) in [5.74, 6) is 0. The molecule has 0 unspecified atom stereocenters. The van der Waals surface area contributed by atoms with Gasteiger partial charge in [0.25, 0.3) is 0 Å². The van der Waals surface area contributed by atoms with E-state index in [9.17, 15) is 5.21 Å². The predicted molar refractivity (Wildman–Crippen MR) is 118 cm³/mol. The number of benzene rings is 4. The standard InChI is InChI=1S/C27H20NO/c29-28-26-17-16-22(21-10-4-1-5-11-21)20-23(26)18-19-27(28,24-12-6-2-7-13-24)25-14-8-3-9-15-25/h1-20H. The summed E-state index contributed by atoms with van der Waals surface area (Å²) >= 11 is 0. The van der Waals surface area contributed by atoms with Gasteiger partial charge in [-0.1, -0.05) is 108 Å². The summed E-state index contributed by atoms with van der Waals surface area (Å²) in [6, 6.07) is 36.2. The zero-order valence-electron chi connectivity index (χ0n) is 15.9. The minimum absolute atomic E-state index is 0.680. The Balaban J connectivity index is 1.67. The molecule has 0 aliphatic carbocycles. The third-order valence-corrected chi connectivity index (χ3v) is 5.61. The van der Waals surface area contributed by atoms with Gasteiger partial charge in [-0.2, -0.15) is 0 Å². The molecular formula is C27H20NO. The highest BCUT2D eigenvalue weighted by Crippen LogP contribution is 2.45. The highest BCUT2D eigenvalue weighted by atomic mass is 16.5. The Hall–Kier alpha value is -3.62. The van der Waals surface area contributed by atoms with Crippen LogP contribution in [0.15, 0.2) is 115 Å². The first-order valence-corrected chi connectivity index (χ1v) is 9.76. The summed E-state index contributed by atoms with van der Waals surface area (Å²) in [4.78, 5) is 0. The summed E-state index contributed by atoms with van der Waals surface area (Å²) in [5.41, 5.74) is 4.89. The number of hydroxylamine groups is 1. The summed E-state index contributed by atoms with van der Waals surface area (Å²) in [6.45, 7) is 0. The Morgan fingerprint density at radius 2 is 1.14 bits per heavy atom. The Morgan fingerprint density at radius 1 is 0.586 bits per heavy atom. The van der Waals surface area contributed by atoms with Crippen molar-refractivity contribution in [1.29, 1.82) is 0 Å². The number of rotatable bonds is 3. The van der Waals surface area contributed by atoms with Crippen LogP contribution >= 0.6 is 0 Å². The molecule has 0 spiro atoms. The van der Waals surface area contributed by atoms with Gasteiger partial charge in [-0.15, -0.1) is 0 Å². The molecule has 1 heterocycles. The second kappa shape index (κ2) is 7.08. The summed E-state index contributed by atoms with van der Waals surface area (Å²) in [7, 11) is 0. The fourth-order valence-electron chi connectivity index (χ4n) is 4.13. The lowest BCUT2D eigenvalue weighted by atomic mass is 9.79. The molecule has 1 aliphatic heterocycles. The summed E-state index contributed by atoms with van der Waals surface area (Å²) in [5, 5.41) is 15.0. The van der Waals surface area contributed by atoms with Crippen LogP contribution in [-0.4, -0.2) is 0 Å². The first-order valence-electron chi connectivity index (χ1n) is 9.76. The molecule has 0 bridgehead atoms. The van der Waals surface area contributed by atoms with Crippen molar-refractivity contribution in [2.75, 3.05) is 5.06 Å². The molecule has 0 N–H and O–H groups in total. The quantitative estimate of drug-likeness (QED) is 0.403. The van der Waals surface area contributed by atoms with Gasteiger partial charge in [0.1, 0.15) is 5.54 Å². The molecule has 4 aromatic rings. The highest BCUT2D eigenvalue weighted by molar-refractivity contribution is 5.80. The normalized spacial score (nSPS) is 14.4. The molecule has 5 rings (SSSR count). The molecule has 1 aliphatic rings. The third-order valence-electron chi connectivity index (χ3n) is 5.61. The van der Waals surface area contributed by atoms with Crippen LogP contribution in [0.25, 0.3) is 17.2 Å². The van der Waals surface area contributed by atoms with Crippen molar-refractivity contribution in [3.05, 3.63) is 132 Å². The molecule has 4 aromatic carbocycles. The van der Waals surface area contributed by atoms with E-state index in [1.807, 2.05) is 97.1 Å². The van der Waals surface area contributed by atoms with Crippen LogP contribution in [0.3, 0.4) is 0 Å². The first kappa shape index (κ1) is 17.5. The van der Waals surface area contributed by atoms with E-state index < -0.39 is 5.54 Å². The Bertz CT molecular complexity index is 1110. The van der Waals surface area contributed by atoms with Gasteiger partial charge in [-0.3, -0.25) is 0 Å². The monoisotopic (exact) mass is 374 g/mol. The van der Waals surface area contributed by atoms with Gasteiger partial charge in [-0.05, 0) is 40.5 Å². The lowest BCUT2D eigenvalue weighted by molar-refractivity contribution is 0.113. The van der Waals surface area contributed by atoms with Gasteiger partial charge in [0.05, 0.1) is 5.69 Å². The van der Waals surface area contributed by atoms with Gasteiger partial charge in [-0.25, -0.2) is 5.06 Å². The SMILES string of the molecule is [O]N1c2ccc(-c3ccccc3)cc2C=CC1(c1ccccc1)c1ccccc1. The summed E-state index contributed by atoms with van der Waals surface area (Å²) in [6.07, 6.45) is 4.11. The molecule has 0 saturated heterocycles. The minimum atomic E-state index is -0.885. The Kier molecular flexibility index (Phi) is 4.27. The van der Waals surface area contributed by atoms with E-state index in [0.29, 0.717) is 5.69 Å². The first-order chi connectivity index (χ1) is 14.3. The lowest BCUT2D eigenvalue weighted by Gasteiger charge is -2.41. The van der Waals surface area contributed by atoms with Gasteiger partial charge in [0, 0.05) is 5.56 Å².